The third-order valence-electron chi connectivity index (χ3n) is 5.90. The van der Waals surface area contributed by atoms with Crippen molar-refractivity contribution in [3.63, 3.8) is 0 Å². The zero-order chi connectivity index (χ0) is 29.1. The van der Waals surface area contributed by atoms with E-state index in [1.165, 1.54) is 12.0 Å². The minimum atomic E-state index is -0.842. The van der Waals surface area contributed by atoms with Crippen LogP contribution >= 0.6 is 0 Å². The second kappa shape index (κ2) is 18.7. The molecule has 4 atom stereocenters. The third-order valence-corrected chi connectivity index (χ3v) is 5.90. The Morgan fingerprint density at radius 3 is 1.36 bits per heavy atom. The average Bonchev–Trinajstić information content (AvgIpc) is 2.78. The van der Waals surface area contributed by atoms with Gasteiger partial charge in [0.25, 0.3) is 0 Å². The molecular weight excluding hydrogens is 523 g/mol. The van der Waals surface area contributed by atoms with Crippen molar-refractivity contribution < 1.29 is 78.6 Å². The fraction of sp³-hybridized carbons (Fsp3) is 0.846. The monoisotopic (exact) mass is 572 g/mol. The van der Waals surface area contributed by atoms with E-state index in [4.69, 9.17) is 24.4 Å². The molecule has 13 heteroatoms. The van der Waals surface area contributed by atoms with E-state index in [9.17, 15) is 19.2 Å². The van der Waals surface area contributed by atoms with Gasteiger partial charge in [0.15, 0.2) is 0 Å². The number of amides is 2. The van der Waals surface area contributed by atoms with E-state index in [1.54, 1.807) is 25.7 Å². The second-order valence-electron chi connectivity index (χ2n) is 11.4. The number of hydrogen-bond donors (Lipinski definition) is 2. The van der Waals surface area contributed by atoms with Gasteiger partial charge >= 0.3 is 53.7 Å². The van der Waals surface area contributed by atoms with Crippen LogP contribution in [0.1, 0.15) is 81.1 Å². The summed E-state index contributed by atoms with van der Waals surface area (Å²) in [5, 5.41) is 16.0. The number of carbonyl (C=O) groups excluding carboxylic acids is 3. The van der Waals surface area contributed by atoms with Crippen molar-refractivity contribution in [1.82, 2.24) is 9.80 Å². The molecule has 2 amide bonds. The van der Waals surface area contributed by atoms with Gasteiger partial charge < -0.3 is 39.7 Å². The third kappa shape index (κ3) is 15.7. The van der Waals surface area contributed by atoms with E-state index in [-0.39, 0.29) is 71.6 Å². The molecule has 0 saturated carbocycles. The molecule has 0 aliphatic carbocycles. The van der Waals surface area contributed by atoms with Gasteiger partial charge in [-0.1, -0.05) is 0 Å². The van der Waals surface area contributed by atoms with Gasteiger partial charge in [-0.15, -0.1) is 0 Å². The molecule has 0 unspecified atom stereocenters. The van der Waals surface area contributed by atoms with E-state index >= 15 is 0 Å². The number of piperidine rings is 2. The van der Waals surface area contributed by atoms with Crippen molar-refractivity contribution in [3.05, 3.63) is 0 Å². The maximum Gasteiger partial charge on any atom is 1.00 e. The Kier molecular flexibility index (Phi) is 20.1. The van der Waals surface area contributed by atoms with Crippen molar-refractivity contribution in [2.75, 3.05) is 27.3 Å². The fourth-order valence-electron chi connectivity index (χ4n) is 3.92. The van der Waals surface area contributed by atoms with Gasteiger partial charge in [-0.25, -0.2) is 9.59 Å². The quantitative estimate of drug-likeness (QED) is 0.273. The molecule has 2 heterocycles. The molecule has 2 rings (SSSR count). The van der Waals surface area contributed by atoms with Crippen LogP contribution in [0.4, 0.5) is 9.59 Å². The molecule has 2 fully saturated rings. The van der Waals surface area contributed by atoms with Gasteiger partial charge in [0.1, 0.15) is 11.2 Å². The van der Waals surface area contributed by atoms with E-state index in [1.807, 2.05) is 34.6 Å². The van der Waals surface area contributed by atoms with Gasteiger partial charge in [-0.3, -0.25) is 9.59 Å². The van der Waals surface area contributed by atoms with E-state index in [0.717, 1.165) is 20.0 Å². The van der Waals surface area contributed by atoms with Gasteiger partial charge in [-0.2, -0.15) is 0 Å². The number of nitrogens with zero attached hydrogens (tertiary/aromatic N) is 2. The molecule has 0 aromatic rings. The summed E-state index contributed by atoms with van der Waals surface area (Å²) in [5.41, 5.74) is -1.07. The first-order valence-electron chi connectivity index (χ1n) is 12.7. The zero-order valence-corrected chi connectivity index (χ0v) is 27.6. The Morgan fingerprint density at radius 2 is 1.05 bits per heavy atom. The largest absolute Gasteiger partial charge is 1.00 e. The molecule has 0 spiro atoms. The molecule has 224 valence electrons. The number of hydrogen-bond acceptors (Lipinski definition) is 9. The number of ether oxygens (including phenoxy) is 3. The fourth-order valence-corrected chi connectivity index (χ4v) is 3.92. The van der Waals surface area contributed by atoms with Crippen LogP contribution in [0.25, 0.3) is 0 Å². The summed E-state index contributed by atoms with van der Waals surface area (Å²) in [5.74, 6) is -1.81. The minimum absolute atomic E-state index is 0. The molecule has 39 heavy (non-hydrogen) atoms. The molecule has 12 nitrogen and oxygen atoms in total. The normalized spacial score (nSPS) is 22.6. The van der Waals surface area contributed by atoms with Crippen LogP contribution in [0.15, 0.2) is 0 Å². The van der Waals surface area contributed by atoms with Crippen LogP contribution in [0, 0.1) is 11.8 Å². The van der Waals surface area contributed by atoms with E-state index in [0.29, 0.717) is 19.4 Å². The summed E-state index contributed by atoms with van der Waals surface area (Å²) in [6, 6.07) is 0.140. The molecule has 0 bridgehead atoms. The van der Waals surface area contributed by atoms with Crippen LogP contribution in [-0.2, 0) is 23.8 Å². The summed E-state index contributed by atoms with van der Waals surface area (Å²) in [6.07, 6.45) is 2.09. The van der Waals surface area contributed by atoms with Gasteiger partial charge in [-0.05, 0) is 81.1 Å². The molecule has 3 N–H and O–H groups in total. The first-order chi connectivity index (χ1) is 16.9. The molecule has 0 radical (unpaired) electrons. The summed E-state index contributed by atoms with van der Waals surface area (Å²) in [7, 11) is 2.37. The van der Waals surface area contributed by atoms with Crippen molar-refractivity contribution in [2.45, 2.75) is 104 Å². The predicted molar refractivity (Wildman–Crippen MR) is 140 cm³/mol. The zero-order valence-electron chi connectivity index (χ0n) is 25.6. The number of carboxylic acid groups (broad SMARTS) is 1. The molecular formula is C26H49N2NaO10. The van der Waals surface area contributed by atoms with Crippen molar-refractivity contribution in [3.8, 4) is 0 Å². The summed E-state index contributed by atoms with van der Waals surface area (Å²) < 4.78 is 15.4. The number of likely N-dealkylation sites (tertiary alicyclic amines) is 2. The van der Waals surface area contributed by atoms with Crippen LogP contribution in [0.3, 0.4) is 0 Å². The molecule has 2 aliphatic heterocycles. The maximum atomic E-state index is 12.0. The van der Waals surface area contributed by atoms with Crippen LogP contribution in [0.5, 0.6) is 0 Å². The van der Waals surface area contributed by atoms with Crippen LogP contribution < -0.4 is 29.6 Å². The summed E-state index contributed by atoms with van der Waals surface area (Å²) >= 11 is 0. The number of aliphatic carboxylic acids is 1. The SMILES string of the molecule is CO.COC(=O)[C@@H]1CC[C@H](C)N(C(=O)OC(C)(C)C)C1.C[C@H]1CC[C@@H](C(=O)O)CN1C(=O)OC(C)(C)C.[Na+].[OH-]. The number of rotatable bonds is 2. The smallest absolute Gasteiger partial charge is 0.870 e. The standard InChI is InChI=1S/C13H23NO4.C12H21NO4.CH4O.Na.H2O/c1-9-6-7-10(11(15)17-5)8-14(9)12(16)18-13(2,3)4;1-8-5-6-9(10(14)15)7-13(8)11(16)17-12(2,3)4;1-2;;/h9-10H,6-8H2,1-5H3;8-9H,5-7H2,1-4H3,(H,14,15);2H,1H3;;1H2/q;;;+1;/p-1/t9-,10+;8-,9+;;;/m00.../s1. The van der Waals surface area contributed by atoms with Gasteiger partial charge in [0.2, 0.25) is 0 Å². The number of aliphatic hydroxyl groups excluding tert-OH is 1. The van der Waals surface area contributed by atoms with E-state index < -0.39 is 29.2 Å². The number of aliphatic hydroxyl groups is 1. The van der Waals surface area contributed by atoms with Crippen LogP contribution in [-0.4, -0.2) is 100 Å². The predicted octanol–water partition coefficient (Wildman–Crippen LogP) is 0.737. The first-order valence-corrected chi connectivity index (χ1v) is 12.7. The molecule has 0 aromatic heterocycles. The van der Waals surface area contributed by atoms with Crippen molar-refractivity contribution >= 4 is 24.1 Å². The molecule has 0 aromatic carbocycles. The Bertz CT molecular complexity index is 767. The Labute approximate surface area is 255 Å². The number of methoxy groups -OCH3 is 1. The van der Waals surface area contributed by atoms with E-state index in [2.05, 4.69) is 0 Å². The van der Waals surface area contributed by atoms with Crippen molar-refractivity contribution in [1.29, 1.82) is 0 Å². The topological polar surface area (TPSA) is 173 Å². The number of esters is 1. The second-order valence-corrected chi connectivity index (χ2v) is 11.4. The van der Waals surface area contributed by atoms with Gasteiger partial charge in [0, 0.05) is 32.3 Å². The van der Waals surface area contributed by atoms with Gasteiger partial charge in [0.05, 0.1) is 18.9 Å². The summed E-state index contributed by atoms with van der Waals surface area (Å²) in [6.45, 7) is 15.4. The Morgan fingerprint density at radius 1 is 0.718 bits per heavy atom. The molecule has 2 saturated heterocycles. The van der Waals surface area contributed by atoms with Crippen molar-refractivity contribution in [2.24, 2.45) is 11.8 Å². The minimum Gasteiger partial charge on any atom is -0.870 e. The summed E-state index contributed by atoms with van der Waals surface area (Å²) in [4.78, 5) is 49.5. The molecule has 2 aliphatic rings. The first kappa shape index (κ1) is 41.9. The Balaban J connectivity index is -0.000000596. The number of carbonyl (C=O) groups is 4. The van der Waals surface area contributed by atoms with Crippen LogP contribution in [0.2, 0.25) is 0 Å². The Hall–Kier alpha value is -1.60. The maximum absolute atomic E-state index is 12.0. The number of carboxylic acids is 1. The average molecular weight is 573 g/mol.